The Morgan fingerprint density at radius 2 is 2.10 bits per heavy atom. The van der Waals surface area contributed by atoms with E-state index in [2.05, 4.69) is 11.8 Å². The number of halogens is 2. The molecule has 2 fully saturated rings. The van der Waals surface area contributed by atoms with Crippen molar-refractivity contribution in [3.8, 4) is 0 Å². The molecule has 1 aromatic rings. The highest BCUT2D eigenvalue weighted by Crippen LogP contribution is 2.36. The van der Waals surface area contributed by atoms with E-state index in [4.69, 9.17) is 5.73 Å². The van der Waals surface area contributed by atoms with E-state index >= 15 is 0 Å². The van der Waals surface area contributed by atoms with Gasteiger partial charge in [0, 0.05) is 25.7 Å². The number of hydrogen-bond donors (Lipinski definition) is 1. The molecule has 0 bridgehead atoms. The summed E-state index contributed by atoms with van der Waals surface area (Å²) in [5, 5.41) is 0. The maximum absolute atomic E-state index is 13.3. The molecule has 1 saturated heterocycles. The largest absolute Gasteiger partial charge is 0.327 e. The summed E-state index contributed by atoms with van der Waals surface area (Å²) in [7, 11) is 0. The van der Waals surface area contributed by atoms with E-state index in [1.807, 2.05) is 6.07 Å². The van der Waals surface area contributed by atoms with E-state index < -0.39 is 0 Å². The Bertz CT molecular complexity index is 466. The van der Waals surface area contributed by atoms with Gasteiger partial charge in [-0.2, -0.15) is 0 Å². The van der Waals surface area contributed by atoms with Crippen LogP contribution in [0.2, 0.25) is 0 Å². The number of aryl methyl sites for hydroxylation is 1. The van der Waals surface area contributed by atoms with Crippen molar-refractivity contribution in [3.05, 3.63) is 35.1 Å². The fraction of sp³-hybridized carbons (Fsp3) is 0.625. The number of nitrogens with two attached hydrogens (primary N) is 1. The molecule has 1 aliphatic carbocycles. The minimum atomic E-state index is -0.131. The molecule has 1 aromatic carbocycles. The smallest absolute Gasteiger partial charge is 0.123 e. The molecule has 0 spiro atoms. The summed E-state index contributed by atoms with van der Waals surface area (Å²) in [5.74, 6) is 1.29. The Labute approximate surface area is 126 Å². The first-order valence-corrected chi connectivity index (χ1v) is 7.36. The minimum Gasteiger partial charge on any atom is -0.327 e. The van der Waals surface area contributed by atoms with Crippen molar-refractivity contribution in [3.63, 3.8) is 0 Å². The fourth-order valence-electron chi connectivity index (χ4n) is 3.79. The van der Waals surface area contributed by atoms with Crippen LogP contribution in [-0.4, -0.2) is 24.0 Å². The molecule has 2 N–H and O–H groups in total. The Balaban J connectivity index is 0.00000147. The lowest BCUT2D eigenvalue weighted by atomic mass is 9.78. The molecule has 3 rings (SSSR count). The Morgan fingerprint density at radius 1 is 1.30 bits per heavy atom. The highest BCUT2D eigenvalue weighted by molar-refractivity contribution is 5.85. The quantitative estimate of drug-likeness (QED) is 0.909. The second kappa shape index (κ2) is 6.42. The topological polar surface area (TPSA) is 29.3 Å². The second-order valence-electron chi connectivity index (χ2n) is 6.28. The standard InChI is InChI=1S/C16H23FN2.ClH/c1-11-5-6-14(17)7-13(11)9-19-8-12-3-2-4-16(18)15(12)10-19;/h5-7,12,15-16H,2-4,8-10,18H2,1H3;1H. The Morgan fingerprint density at radius 3 is 2.85 bits per heavy atom. The van der Waals surface area contributed by atoms with Gasteiger partial charge in [0.15, 0.2) is 0 Å². The third-order valence-electron chi connectivity index (χ3n) is 4.93. The summed E-state index contributed by atoms with van der Waals surface area (Å²) in [6.45, 7) is 5.14. The molecule has 112 valence electrons. The van der Waals surface area contributed by atoms with Crippen LogP contribution >= 0.6 is 12.4 Å². The van der Waals surface area contributed by atoms with E-state index in [1.54, 1.807) is 12.1 Å². The maximum Gasteiger partial charge on any atom is 0.123 e. The van der Waals surface area contributed by atoms with Gasteiger partial charge in [-0.05, 0) is 54.9 Å². The number of likely N-dealkylation sites (tertiary alicyclic amines) is 1. The van der Waals surface area contributed by atoms with Gasteiger partial charge in [0.25, 0.3) is 0 Å². The van der Waals surface area contributed by atoms with Crippen molar-refractivity contribution in [1.82, 2.24) is 4.90 Å². The third-order valence-corrected chi connectivity index (χ3v) is 4.93. The molecule has 2 aliphatic rings. The average molecular weight is 299 g/mol. The predicted octanol–water partition coefficient (Wildman–Crippen LogP) is 3.12. The lowest BCUT2D eigenvalue weighted by Crippen LogP contribution is -2.38. The van der Waals surface area contributed by atoms with Gasteiger partial charge in [-0.3, -0.25) is 4.90 Å². The summed E-state index contributed by atoms with van der Waals surface area (Å²) in [6, 6.07) is 5.47. The van der Waals surface area contributed by atoms with Crippen molar-refractivity contribution in [1.29, 1.82) is 0 Å². The molecule has 2 nitrogen and oxygen atoms in total. The SMILES string of the molecule is Cc1ccc(F)cc1CN1CC2CCCC(N)C2C1.Cl. The van der Waals surface area contributed by atoms with Gasteiger partial charge in [0.1, 0.15) is 5.82 Å². The fourth-order valence-corrected chi connectivity index (χ4v) is 3.79. The lowest BCUT2D eigenvalue weighted by Gasteiger charge is -2.29. The average Bonchev–Trinajstić information content (AvgIpc) is 2.78. The van der Waals surface area contributed by atoms with E-state index in [9.17, 15) is 4.39 Å². The zero-order chi connectivity index (χ0) is 13.4. The summed E-state index contributed by atoms with van der Waals surface area (Å²) in [4.78, 5) is 2.46. The summed E-state index contributed by atoms with van der Waals surface area (Å²) < 4.78 is 13.3. The van der Waals surface area contributed by atoms with Crippen molar-refractivity contribution in [2.45, 2.75) is 38.8 Å². The molecular formula is C16H24ClFN2. The Hall–Kier alpha value is -0.640. The molecule has 3 atom stereocenters. The van der Waals surface area contributed by atoms with E-state index in [0.717, 1.165) is 31.1 Å². The van der Waals surface area contributed by atoms with Crippen LogP contribution in [0.15, 0.2) is 18.2 Å². The molecule has 0 radical (unpaired) electrons. The van der Waals surface area contributed by atoms with Gasteiger partial charge in [-0.1, -0.05) is 12.5 Å². The van der Waals surface area contributed by atoms with Gasteiger partial charge in [-0.15, -0.1) is 12.4 Å². The van der Waals surface area contributed by atoms with E-state index in [-0.39, 0.29) is 18.2 Å². The van der Waals surface area contributed by atoms with Crippen LogP contribution in [0.4, 0.5) is 4.39 Å². The van der Waals surface area contributed by atoms with Crippen LogP contribution < -0.4 is 5.73 Å². The summed E-state index contributed by atoms with van der Waals surface area (Å²) in [6.07, 6.45) is 3.76. The monoisotopic (exact) mass is 298 g/mol. The lowest BCUT2D eigenvalue weighted by molar-refractivity contribution is 0.259. The van der Waals surface area contributed by atoms with Crippen molar-refractivity contribution < 1.29 is 4.39 Å². The number of benzene rings is 1. The zero-order valence-electron chi connectivity index (χ0n) is 12.0. The Kier molecular flexibility index (Phi) is 5.05. The molecule has 1 saturated carbocycles. The van der Waals surface area contributed by atoms with Crippen molar-refractivity contribution in [2.75, 3.05) is 13.1 Å². The van der Waals surface area contributed by atoms with Crippen LogP contribution in [0.1, 0.15) is 30.4 Å². The molecule has 3 unspecified atom stereocenters. The molecular weight excluding hydrogens is 275 g/mol. The number of rotatable bonds is 2. The molecule has 20 heavy (non-hydrogen) atoms. The van der Waals surface area contributed by atoms with Crippen molar-refractivity contribution in [2.24, 2.45) is 17.6 Å². The predicted molar refractivity (Wildman–Crippen MR) is 82.5 cm³/mol. The molecule has 0 amide bonds. The van der Waals surface area contributed by atoms with E-state index in [1.165, 1.54) is 24.8 Å². The highest BCUT2D eigenvalue weighted by Gasteiger charge is 2.38. The van der Waals surface area contributed by atoms with Crippen LogP contribution in [0, 0.1) is 24.6 Å². The van der Waals surface area contributed by atoms with Gasteiger partial charge < -0.3 is 5.73 Å². The maximum atomic E-state index is 13.3. The highest BCUT2D eigenvalue weighted by atomic mass is 35.5. The van der Waals surface area contributed by atoms with Gasteiger partial charge in [-0.25, -0.2) is 4.39 Å². The van der Waals surface area contributed by atoms with Gasteiger partial charge in [0.2, 0.25) is 0 Å². The normalized spacial score (nSPS) is 29.9. The molecule has 1 aliphatic heterocycles. The van der Waals surface area contributed by atoms with Crippen molar-refractivity contribution >= 4 is 12.4 Å². The van der Waals surface area contributed by atoms with Crippen LogP contribution in [-0.2, 0) is 6.54 Å². The molecule has 1 heterocycles. The van der Waals surface area contributed by atoms with Gasteiger partial charge >= 0.3 is 0 Å². The summed E-state index contributed by atoms with van der Waals surface area (Å²) >= 11 is 0. The number of fused-ring (bicyclic) bond motifs is 1. The van der Waals surface area contributed by atoms with Crippen LogP contribution in [0.3, 0.4) is 0 Å². The van der Waals surface area contributed by atoms with Gasteiger partial charge in [0.05, 0.1) is 0 Å². The van der Waals surface area contributed by atoms with E-state index in [0.29, 0.717) is 12.0 Å². The zero-order valence-corrected chi connectivity index (χ0v) is 12.8. The molecule has 0 aromatic heterocycles. The summed E-state index contributed by atoms with van der Waals surface area (Å²) in [5.41, 5.74) is 8.54. The van der Waals surface area contributed by atoms with Crippen LogP contribution in [0.25, 0.3) is 0 Å². The molecule has 4 heteroatoms. The first kappa shape index (κ1) is 15.7. The minimum absolute atomic E-state index is 0. The first-order chi connectivity index (χ1) is 9.13. The van der Waals surface area contributed by atoms with Crippen LogP contribution in [0.5, 0.6) is 0 Å². The first-order valence-electron chi connectivity index (χ1n) is 7.36. The third kappa shape index (κ3) is 3.16. The number of nitrogens with zero attached hydrogens (tertiary/aromatic N) is 1. The number of hydrogen-bond acceptors (Lipinski definition) is 2. The second-order valence-corrected chi connectivity index (χ2v) is 6.28.